The van der Waals surface area contributed by atoms with E-state index in [1.807, 2.05) is 6.07 Å². The van der Waals surface area contributed by atoms with Gasteiger partial charge < -0.3 is 9.84 Å². The number of benzene rings is 1. The summed E-state index contributed by atoms with van der Waals surface area (Å²) in [5.41, 5.74) is 1.10. The van der Waals surface area contributed by atoms with Gasteiger partial charge >= 0.3 is 6.16 Å². The number of carboxylic acid groups (broad SMARTS) is 1. The predicted octanol–water partition coefficient (Wildman–Crippen LogP) is 4.14. The summed E-state index contributed by atoms with van der Waals surface area (Å²) in [6, 6.07) is 3.35. The number of ether oxygens (including phenoxy) is 1. The van der Waals surface area contributed by atoms with Gasteiger partial charge in [-0.05, 0) is 35.8 Å². The highest BCUT2D eigenvalue weighted by Gasteiger charge is 2.19. The highest BCUT2D eigenvalue weighted by molar-refractivity contribution is 9.10. The van der Waals surface area contributed by atoms with Gasteiger partial charge in [-0.3, -0.25) is 4.99 Å². The molecular formula is C11H8BrClN2O3. The average molecular weight is 332 g/mol. The first-order valence-electron chi connectivity index (χ1n) is 4.71. The maximum atomic E-state index is 10.6. The molecule has 0 aliphatic carbocycles. The van der Waals surface area contributed by atoms with Gasteiger partial charge in [-0.2, -0.15) is 5.26 Å². The smallest absolute Gasteiger partial charge is 0.449 e. The van der Waals surface area contributed by atoms with Crippen molar-refractivity contribution in [2.45, 2.75) is 13.8 Å². The number of nitriles is 1. The van der Waals surface area contributed by atoms with Gasteiger partial charge in [0.2, 0.25) is 0 Å². The van der Waals surface area contributed by atoms with Gasteiger partial charge in [-0.25, -0.2) is 4.79 Å². The molecule has 0 bridgehead atoms. The molecule has 0 aliphatic rings. The Balaban J connectivity index is 3.54. The molecule has 0 saturated heterocycles. The maximum absolute atomic E-state index is 10.6. The first kappa shape index (κ1) is 14.5. The van der Waals surface area contributed by atoms with Gasteiger partial charge in [0.15, 0.2) is 5.75 Å². The molecule has 5 nitrogen and oxygen atoms in total. The highest BCUT2D eigenvalue weighted by atomic mass is 79.9. The molecule has 0 fully saturated rings. The third-order valence-corrected chi connectivity index (χ3v) is 2.74. The SMILES string of the molecule is CC(C)=Nc1c(C#N)cc(Br)c(OC(=O)O)c1Cl. The van der Waals surface area contributed by atoms with E-state index in [-0.39, 0.29) is 26.5 Å². The third-order valence-electron chi connectivity index (χ3n) is 1.80. The summed E-state index contributed by atoms with van der Waals surface area (Å²) in [6.45, 7) is 3.47. The Morgan fingerprint density at radius 1 is 1.61 bits per heavy atom. The standard InChI is InChI=1S/C11H8BrClN2O3/c1-5(2)15-9-6(4-14)3-7(12)10(8(9)13)18-11(16)17/h3H,1-2H3,(H,16,17). The second-order valence-electron chi connectivity index (χ2n) is 3.44. The second-order valence-corrected chi connectivity index (χ2v) is 4.67. The van der Waals surface area contributed by atoms with Crippen molar-refractivity contribution in [1.29, 1.82) is 5.26 Å². The molecule has 94 valence electrons. The number of hydrogen-bond donors (Lipinski definition) is 1. The van der Waals surface area contributed by atoms with Crippen molar-refractivity contribution in [3.63, 3.8) is 0 Å². The van der Waals surface area contributed by atoms with Gasteiger partial charge in [0.05, 0.1) is 10.0 Å². The number of rotatable bonds is 2. The molecule has 0 saturated carbocycles. The van der Waals surface area contributed by atoms with Crippen LogP contribution in [-0.4, -0.2) is 17.0 Å². The molecule has 7 heteroatoms. The summed E-state index contributed by atoms with van der Waals surface area (Å²) in [7, 11) is 0. The monoisotopic (exact) mass is 330 g/mol. The molecule has 18 heavy (non-hydrogen) atoms. The van der Waals surface area contributed by atoms with E-state index in [0.29, 0.717) is 5.71 Å². The van der Waals surface area contributed by atoms with E-state index >= 15 is 0 Å². The number of aliphatic imine (C=N–C) groups is 1. The Morgan fingerprint density at radius 3 is 2.67 bits per heavy atom. The Bertz CT molecular complexity index is 575. The van der Waals surface area contributed by atoms with Crippen LogP contribution in [0, 0.1) is 11.3 Å². The van der Waals surface area contributed by atoms with Crippen LogP contribution in [0.25, 0.3) is 0 Å². The van der Waals surface area contributed by atoms with Crippen LogP contribution >= 0.6 is 27.5 Å². The van der Waals surface area contributed by atoms with Crippen molar-refractivity contribution < 1.29 is 14.6 Å². The topological polar surface area (TPSA) is 82.7 Å². The molecule has 0 aromatic heterocycles. The quantitative estimate of drug-likeness (QED) is 0.501. The zero-order chi connectivity index (χ0) is 13.9. The summed E-state index contributed by atoms with van der Waals surface area (Å²) in [5, 5.41) is 17.6. The average Bonchev–Trinajstić information content (AvgIpc) is 2.27. The molecule has 0 radical (unpaired) electrons. The molecule has 0 spiro atoms. The van der Waals surface area contributed by atoms with Crippen molar-refractivity contribution in [2.75, 3.05) is 0 Å². The van der Waals surface area contributed by atoms with Crippen LogP contribution in [0.5, 0.6) is 5.75 Å². The maximum Gasteiger partial charge on any atom is 0.511 e. The van der Waals surface area contributed by atoms with Crippen LogP contribution in [0.4, 0.5) is 10.5 Å². The van der Waals surface area contributed by atoms with E-state index in [9.17, 15) is 4.79 Å². The molecule has 0 aliphatic heterocycles. The number of halogens is 2. The second kappa shape index (κ2) is 5.85. The minimum atomic E-state index is -1.49. The van der Waals surface area contributed by atoms with E-state index in [4.69, 9.17) is 22.0 Å². The molecular weight excluding hydrogens is 323 g/mol. The Kier molecular flexibility index (Phi) is 4.70. The van der Waals surface area contributed by atoms with Gasteiger partial charge in [-0.1, -0.05) is 11.6 Å². The van der Waals surface area contributed by atoms with E-state index in [0.717, 1.165) is 0 Å². The van der Waals surface area contributed by atoms with Crippen molar-refractivity contribution in [3.8, 4) is 11.8 Å². The molecule has 0 unspecified atom stereocenters. The number of hydrogen-bond acceptors (Lipinski definition) is 4. The summed E-state index contributed by atoms with van der Waals surface area (Å²) in [4.78, 5) is 14.7. The summed E-state index contributed by atoms with van der Waals surface area (Å²) >= 11 is 9.10. The fourth-order valence-corrected chi connectivity index (χ4v) is 2.10. The van der Waals surface area contributed by atoms with E-state index < -0.39 is 6.16 Å². The summed E-state index contributed by atoms with van der Waals surface area (Å²) < 4.78 is 4.83. The zero-order valence-corrected chi connectivity index (χ0v) is 11.8. The Morgan fingerprint density at radius 2 is 2.22 bits per heavy atom. The van der Waals surface area contributed by atoms with Gasteiger partial charge in [-0.15, -0.1) is 0 Å². The first-order chi connectivity index (χ1) is 8.36. The van der Waals surface area contributed by atoms with Crippen molar-refractivity contribution in [3.05, 3.63) is 21.1 Å². The Hall–Kier alpha value is -1.58. The number of nitrogens with zero attached hydrogens (tertiary/aromatic N) is 2. The lowest BCUT2D eigenvalue weighted by molar-refractivity contribution is 0.144. The minimum Gasteiger partial charge on any atom is -0.449 e. The molecule has 1 rings (SSSR count). The van der Waals surface area contributed by atoms with Crippen molar-refractivity contribution in [1.82, 2.24) is 0 Å². The van der Waals surface area contributed by atoms with Crippen LogP contribution < -0.4 is 4.74 Å². The fourth-order valence-electron chi connectivity index (χ4n) is 1.19. The lowest BCUT2D eigenvalue weighted by atomic mass is 10.2. The normalized spacial score (nSPS) is 9.50. The van der Waals surface area contributed by atoms with E-state index in [2.05, 4.69) is 25.7 Å². The van der Waals surface area contributed by atoms with Crippen LogP contribution in [0.3, 0.4) is 0 Å². The molecule has 0 amide bonds. The summed E-state index contributed by atoms with van der Waals surface area (Å²) in [5.74, 6) is -0.0804. The van der Waals surface area contributed by atoms with Crippen molar-refractivity contribution in [2.24, 2.45) is 4.99 Å². The third kappa shape index (κ3) is 3.22. The Labute approximate surface area is 117 Å². The lowest BCUT2D eigenvalue weighted by Crippen LogP contribution is -2.04. The molecule has 1 aromatic rings. The van der Waals surface area contributed by atoms with Crippen LogP contribution in [0.1, 0.15) is 19.4 Å². The van der Waals surface area contributed by atoms with Crippen LogP contribution in [-0.2, 0) is 0 Å². The molecule has 1 N–H and O–H groups in total. The minimum absolute atomic E-state index is 0.0236. The van der Waals surface area contributed by atoms with Gasteiger partial charge in [0.1, 0.15) is 16.8 Å². The van der Waals surface area contributed by atoms with Gasteiger partial charge in [0.25, 0.3) is 0 Å². The van der Waals surface area contributed by atoms with Crippen molar-refractivity contribution >= 4 is 45.1 Å². The fraction of sp³-hybridized carbons (Fsp3) is 0.182. The lowest BCUT2D eigenvalue weighted by Gasteiger charge is -2.09. The number of carbonyl (C=O) groups is 1. The largest absolute Gasteiger partial charge is 0.511 e. The van der Waals surface area contributed by atoms with Crippen LogP contribution in [0.2, 0.25) is 5.02 Å². The molecule has 0 atom stereocenters. The first-order valence-corrected chi connectivity index (χ1v) is 5.88. The van der Waals surface area contributed by atoms with Gasteiger partial charge in [0, 0.05) is 5.71 Å². The molecule has 0 heterocycles. The van der Waals surface area contributed by atoms with E-state index in [1.54, 1.807) is 13.8 Å². The molecule has 1 aromatic carbocycles. The predicted molar refractivity (Wildman–Crippen MR) is 71.0 cm³/mol. The van der Waals surface area contributed by atoms with Crippen LogP contribution in [0.15, 0.2) is 15.5 Å². The zero-order valence-electron chi connectivity index (χ0n) is 9.49. The van der Waals surface area contributed by atoms with E-state index in [1.165, 1.54) is 6.07 Å². The summed E-state index contributed by atoms with van der Waals surface area (Å²) in [6.07, 6.45) is -1.49. The highest BCUT2D eigenvalue weighted by Crippen LogP contribution is 2.42.